The van der Waals surface area contributed by atoms with E-state index in [9.17, 15) is 4.79 Å². The van der Waals surface area contributed by atoms with Crippen LogP contribution >= 0.6 is 23.2 Å². The molecule has 3 nitrogen and oxygen atoms in total. The van der Waals surface area contributed by atoms with Crippen LogP contribution in [-0.2, 0) is 9.53 Å². The fourth-order valence-electron chi connectivity index (χ4n) is 1.21. The average molecular weight is 291 g/mol. The van der Waals surface area contributed by atoms with Crippen molar-refractivity contribution in [2.45, 2.75) is 20.3 Å². The number of hydrogen-bond acceptors (Lipinski definition) is 3. The first-order valence-electron chi connectivity index (χ1n) is 5.72. The highest BCUT2D eigenvalue weighted by Gasteiger charge is 2.09. The maximum absolute atomic E-state index is 11.5. The van der Waals surface area contributed by atoms with E-state index in [4.69, 9.17) is 32.7 Å². The summed E-state index contributed by atoms with van der Waals surface area (Å²) in [6.45, 7) is 5.08. The van der Waals surface area contributed by atoms with Gasteiger partial charge in [-0.25, -0.2) is 0 Å². The fraction of sp³-hybridized carbons (Fsp3) is 0.462. The molecule has 0 bridgehead atoms. The first kappa shape index (κ1) is 15.3. The summed E-state index contributed by atoms with van der Waals surface area (Å²) in [5, 5.41) is 0.819. The molecule has 0 fully saturated rings. The highest BCUT2D eigenvalue weighted by molar-refractivity contribution is 6.35. The maximum Gasteiger partial charge on any atom is 0.313 e. The Labute approximate surface area is 117 Å². The lowest BCUT2D eigenvalue weighted by molar-refractivity contribution is -0.135. The molecule has 0 aromatic heterocycles. The minimum Gasteiger partial charge on any atom is -0.425 e. The summed E-state index contributed by atoms with van der Waals surface area (Å²) in [5.74, 6) is 0.393. The molecule has 0 aliphatic rings. The molecular formula is C13H16Cl2O3. The third-order valence-corrected chi connectivity index (χ3v) is 2.55. The molecule has 0 aliphatic heterocycles. The molecule has 0 saturated carbocycles. The average Bonchev–Trinajstić information content (AvgIpc) is 2.28. The molecule has 18 heavy (non-hydrogen) atoms. The molecule has 0 atom stereocenters. The van der Waals surface area contributed by atoms with Gasteiger partial charge < -0.3 is 9.47 Å². The van der Waals surface area contributed by atoms with E-state index >= 15 is 0 Å². The Kier molecular flexibility index (Phi) is 6.47. The second kappa shape index (κ2) is 7.62. The molecule has 0 N–H and O–H groups in total. The van der Waals surface area contributed by atoms with E-state index in [1.807, 2.05) is 13.8 Å². The van der Waals surface area contributed by atoms with Gasteiger partial charge in [-0.1, -0.05) is 37.0 Å². The van der Waals surface area contributed by atoms with Gasteiger partial charge >= 0.3 is 5.97 Å². The summed E-state index contributed by atoms with van der Waals surface area (Å²) in [5.41, 5.74) is 0. The summed E-state index contributed by atoms with van der Waals surface area (Å²) >= 11 is 11.6. The van der Waals surface area contributed by atoms with E-state index < -0.39 is 0 Å². The van der Waals surface area contributed by atoms with Crippen molar-refractivity contribution in [2.24, 2.45) is 5.92 Å². The van der Waals surface area contributed by atoms with Gasteiger partial charge in [-0.15, -0.1) is 0 Å². The molecule has 0 aliphatic carbocycles. The van der Waals surface area contributed by atoms with Crippen LogP contribution < -0.4 is 4.74 Å². The summed E-state index contributed by atoms with van der Waals surface area (Å²) in [7, 11) is 0. The van der Waals surface area contributed by atoms with Gasteiger partial charge in [0.15, 0.2) is 0 Å². The topological polar surface area (TPSA) is 35.5 Å². The summed E-state index contributed by atoms with van der Waals surface area (Å²) in [6.07, 6.45) is 0.200. The van der Waals surface area contributed by atoms with Gasteiger partial charge in [-0.3, -0.25) is 4.79 Å². The first-order chi connectivity index (χ1) is 8.49. The number of esters is 1. The van der Waals surface area contributed by atoms with Crippen molar-refractivity contribution in [3.63, 3.8) is 0 Å². The third-order valence-electron chi connectivity index (χ3n) is 2.02. The lowest BCUT2D eigenvalue weighted by Crippen LogP contribution is -2.13. The lowest BCUT2D eigenvalue weighted by Gasteiger charge is -2.08. The van der Waals surface area contributed by atoms with Crippen LogP contribution in [0.15, 0.2) is 18.2 Å². The largest absolute Gasteiger partial charge is 0.425 e. The van der Waals surface area contributed by atoms with Crippen molar-refractivity contribution in [1.82, 2.24) is 0 Å². The molecule has 1 aromatic rings. The van der Waals surface area contributed by atoms with E-state index in [-0.39, 0.29) is 12.4 Å². The van der Waals surface area contributed by atoms with E-state index in [0.29, 0.717) is 34.9 Å². The fourth-order valence-corrected chi connectivity index (χ4v) is 1.65. The predicted molar refractivity (Wildman–Crippen MR) is 72.4 cm³/mol. The minimum atomic E-state index is -0.372. The molecule has 0 saturated heterocycles. The Bertz CT molecular complexity index is 405. The zero-order valence-electron chi connectivity index (χ0n) is 10.4. The van der Waals surface area contributed by atoms with Gasteiger partial charge in [0.1, 0.15) is 5.75 Å². The normalized spacial score (nSPS) is 10.7. The van der Waals surface area contributed by atoms with Crippen molar-refractivity contribution in [3.8, 4) is 5.75 Å². The summed E-state index contributed by atoms with van der Waals surface area (Å²) in [4.78, 5) is 11.5. The standard InChI is InChI=1S/C13H16Cl2O3/c1-9(2)8-17-6-5-13(16)18-12-4-3-10(14)7-11(12)15/h3-4,7,9H,5-6,8H2,1-2H3. The van der Waals surface area contributed by atoms with Gasteiger partial charge in [0.05, 0.1) is 18.1 Å². The second-order valence-electron chi connectivity index (χ2n) is 4.27. The molecule has 0 heterocycles. The Morgan fingerprint density at radius 2 is 2.06 bits per heavy atom. The number of hydrogen-bond donors (Lipinski definition) is 0. The highest BCUT2D eigenvalue weighted by atomic mass is 35.5. The maximum atomic E-state index is 11.5. The van der Waals surface area contributed by atoms with Crippen LogP contribution in [0.4, 0.5) is 0 Å². The van der Waals surface area contributed by atoms with E-state index in [2.05, 4.69) is 0 Å². The second-order valence-corrected chi connectivity index (χ2v) is 5.11. The third kappa shape index (κ3) is 5.71. The molecular weight excluding hydrogens is 275 g/mol. The predicted octanol–water partition coefficient (Wildman–Crippen LogP) is 3.96. The van der Waals surface area contributed by atoms with Crippen LogP contribution in [0, 0.1) is 5.92 Å². The van der Waals surface area contributed by atoms with Crippen LogP contribution in [0.1, 0.15) is 20.3 Å². The van der Waals surface area contributed by atoms with Gasteiger partial charge in [0.2, 0.25) is 0 Å². The number of carbonyl (C=O) groups excluding carboxylic acids is 1. The van der Waals surface area contributed by atoms with Crippen molar-refractivity contribution in [3.05, 3.63) is 28.2 Å². The van der Waals surface area contributed by atoms with Crippen LogP contribution in [0.3, 0.4) is 0 Å². The van der Waals surface area contributed by atoms with Crippen molar-refractivity contribution < 1.29 is 14.3 Å². The van der Waals surface area contributed by atoms with Crippen molar-refractivity contribution in [2.75, 3.05) is 13.2 Å². The summed E-state index contributed by atoms with van der Waals surface area (Å²) in [6, 6.07) is 4.71. The quantitative estimate of drug-likeness (QED) is 0.452. The number of ether oxygens (including phenoxy) is 2. The molecule has 0 spiro atoms. The van der Waals surface area contributed by atoms with Gasteiger partial charge in [0.25, 0.3) is 0 Å². The number of carbonyl (C=O) groups is 1. The van der Waals surface area contributed by atoms with Crippen molar-refractivity contribution in [1.29, 1.82) is 0 Å². The van der Waals surface area contributed by atoms with Crippen LogP contribution in [0.5, 0.6) is 5.75 Å². The Hall–Kier alpha value is -0.770. The van der Waals surface area contributed by atoms with Gasteiger partial charge in [-0.05, 0) is 24.1 Å². The SMILES string of the molecule is CC(C)COCCC(=O)Oc1ccc(Cl)cc1Cl. The van der Waals surface area contributed by atoms with E-state index in [1.165, 1.54) is 6.07 Å². The van der Waals surface area contributed by atoms with Gasteiger partial charge in [-0.2, -0.15) is 0 Å². The van der Waals surface area contributed by atoms with Crippen LogP contribution in [0.25, 0.3) is 0 Å². The molecule has 5 heteroatoms. The van der Waals surface area contributed by atoms with Crippen LogP contribution in [-0.4, -0.2) is 19.2 Å². The highest BCUT2D eigenvalue weighted by Crippen LogP contribution is 2.27. The van der Waals surface area contributed by atoms with Crippen molar-refractivity contribution >= 4 is 29.2 Å². The molecule has 0 radical (unpaired) electrons. The zero-order chi connectivity index (χ0) is 13.5. The smallest absolute Gasteiger partial charge is 0.313 e. The van der Waals surface area contributed by atoms with Crippen LogP contribution in [0.2, 0.25) is 10.0 Å². The Balaban J connectivity index is 2.35. The Morgan fingerprint density at radius 3 is 2.67 bits per heavy atom. The Morgan fingerprint density at radius 1 is 1.33 bits per heavy atom. The number of halogens is 2. The molecule has 0 amide bonds. The number of benzene rings is 1. The monoisotopic (exact) mass is 290 g/mol. The molecule has 1 rings (SSSR count). The first-order valence-corrected chi connectivity index (χ1v) is 6.48. The lowest BCUT2D eigenvalue weighted by atomic mass is 10.2. The van der Waals surface area contributed by atoms with E-state index in [0.717, 1.165) is 0 Å². The summed E-state index contributed by atoms with van der Waals surface area (Å²) < 4.78 is 10.4. The minimum absolute atomic E-state index is 0.200. The molecule has 1 aromatic carbocycles. The molecule has 100 valence electrons. The molecule has 0 unspecified atom stereocenters. The number of rotatable bonds is 6. The van der Waals surface area contributed by atoms with E-state index in [1.54, 1.807) is 12.1 Å². The van der Waals surface area contributed by atoms with Gasteiger partial charge in [0, 0.05) is 11.6 Å². The zero-order valence-corrected chi connectivity index (χ0v) is 11.9.